The van der Waals surface area contributed by atoms with Crippen LogP contribution in [-0.2, 0) is 6.42 Å². The molecule has 2 heterocycles. The van der Waals surface area contributed by atoms with E-state index in [0.717, 1.165) is 44.6 Å². The van der Waals surface area contributed by atoms with Crippen molar-refractivity contribution in [2.24, 2.45) is 0 Å². The van der Waals surface area contributed by atoms with E-state index in [1.807, 2.05) is 45.0 Å². The molecule has 0 radical (unpaired) electrons. The number of carbonyl (C=O) groups excluding carboxylic acids is 1. The summed E-state index contributed by atoms with van der Waals surface area (Å²) in [7, 11) is 0. The Labute approximate surface area is 171 Å². The maximum atomic E-state index is 12.7. The molecule has 142 valence electrons. The van der Waals surface area contributed by atoms with Gasteiger partial charge in [-0.2, -0.15) is 9.61 Å². The maximum absolute atomic E-state index is 12.7. The third-order valence-electron chi connectivity index (χ3n) is 4.54. The lowest BCUT2D eigenvalue weighted by Crippen LogP contribution is -2.13. The number of amides is 1. The predicted octanol–water partition coefficient (Wildman–Crippen LogP) is 4.94. The number of aryl methyl sites for hydroxylation is 3. The molecule has 1 amide bonds. The first-order valence-electron chi connectivity index (χ1n) is 8.86. The molecule has 2 aromatic carbocycles. The Balaban J connectivity index is 1.65. The molecule has 0 unspecified atom stereocenters. The molecule has 0 aliphatic carbocycles. The summed E-state index contributed by atoms with van der Waals surface area (Å²) in [6, 6.07) is 11.2. The molecule has 0 atom stereocenters. The number of hydrogen-bond donors (Lipinski definition) is 1. The highest BCUT2D eigenvalue weighted by Gasteiger charge is 2.14. The largest absolute Gasteiger partial charge is 0.322 e. The predicted molar refractivity (Wildman–Crippen MR) is 112 cm³/mol. The molecular formula is C20H18ClN5OS. The van der Waals surface area contributed by atoms with Gasteiger partial charge in [0.15, 0.2) is 5.82 Å². The van der Waals surface area contributed by atoms with E-state index in [9.17, 15) is 4.79 Å². The number of benzene rings is 2. The highest BCUT2D eigenvalue weighted by molar-refractivity contribution is 7.19. The molecule has 2 aromatic heterocycles. The SMILES string of the molecule is CCc1nnc2sc(-c3ccc(C)c(NC(=O)c4ccc(C)c(Cl)c4)c3)nn12. The molecule has 0 saturated carbocycles. The molecule has 8 heteroatoms. The van der Waals surface area contributed by atoms with Crippen LogP contribution < -0.4 is 5.32 Å². The Kier molecular flexibility index (Phi) is 4.87. The van der Waals surface area contributed by atoms with Crippen LogP contribution in [0.1, 0.15) is 34.2 Å². The van der Waals surface area contributed by atoms with Gasteiger partial charge in [-0.3, -0.25) is 4.79 Å². The summed E-state index contributed by atoms with van der Waals surface area (Å²) >= 11 is 7.62. The van der Waals surface area contributed by atoms with Crippen LogP contribution in [0.5, 0.6) is 0 Å². The van der Waals surface area contributed by atoms with Crippen molar-refractivity contribution in [1.82, 2.24) is 19.8 Å². The number of halogens is 1. The fourth-order valence-electron chi connectivity index (χ4n) is 2.81. The van der Waals surface area contributed by atoms with Crippen LogP contribution in [0, 0.1) is 13.8 Å². The molecule has 28 heavy (non-hydrogen) atoms. The lowest BCUT2D eigenvalue weighted by atomic mass is 10.1. The fourth-order valence-corrected chi connectivity index (χ4v) is 3.85. The van der Waals surface area contributed by atoms with Gasteiger partial charge in [0.25, 0.3) is 5.91 Å². The number of carbonyl (C=O) groups is 1. The quantitative estimate of drug-likeness (QED) is 0.516. The third kappa shape index (κ3) is 3.39. The molecule has 0 aliphatic heterocycles. The molecule has 0 fully saturated rings. The second-order valence-electron chi connectivity index (χ2n) is 6.52. The Hall–Kier alpha value is -2.77. The molecule has 0 bridgehead atoms. The first-order valence-corrected chi connectivity index (χ1v) is 10.1. The van der Waals surface area contributed by atoms with E-state index in [-0.39, 0.29) is 5.91 Å². The van der Waals surface area contributed by atoms with E-state index in [1.165, 1.54) is 11.3 Å². The van der Waals surface area contributed by atoms with Gasteiger partial charge in [0, 0.05) is 28.3 Å². The molecule has 4 rings (SSSR count). The van der Waals surface area contributed by atoms with Crippen molar-refractivity contribution < 1.29 is 4.79 Å². The van der Waals surface area contributed by atoms with Crippen LogP contribution in [0.15, 0.2) is 36.4 Å². The number of fused-ring (bicyclic) bond motifs is 1. The zero-order valence-corrected chi connectivity index (χ0v) is 17.2. The van der Waals surface area contributed by atoms with E-state index >= 15 is 0 Å². The summed E-state index contributed by atoms with van der Waals surface area (Å²) in [5.41, 5.74) is 4.08. The molecule has 0 aliphatic rings. The maximum Gasteiger partial charge on any atom is 0.255 e. The number of rotatable bonds is 4. The lowest BCUT2D eigenvalue weighted by Gasteiger charge is -2.10. The van der Waals surface area contributed by atoms with Crippen LogP contribution in [0.25, 0.3) is 15.5 Å². The van der Waals surface area contributed by atoms with E-state index in [1.54, 1.807) is 16.6 Å². The molecule has 6 nitrogen and oxygen atoms in total. The van der Waals surface area contributed by atoms with Crippen molar-refractivity contribution in [3.63, 3.8) is 0 Å². The highest BCUT2D eigenvalue weighted by Crippen LogP contribution is 2.29. The number of hydrogen-bond acceptors (Lipinski definition) is 5. The Morgan fingerprint density at radius 2 is 1.93 bits per heavy atom. The van der Waals surface area contributed by atoms with Crippen molar-refractivity contribution in [3.05, 3.63) is 63.9 Å². The fraction of sp³-hybridized carbons (Fsp3) is 0.200. The molecule has 0 saturated heterocycles. The van der Waals surface area contributed by atoms with Gasteiger partial charge in [0.1, 0.15) is 5.01 Å². The van der Waals surface area contributed by atoms with E-state index in [0.29, 0.717) is 10.6 Å². The second kappa shape index (κ2) is 7.33. The summed E-state index contributed by atoms with van der Waals surface area (Å²) in [5.74, 6) is 0.628. The number of anilines is 1. The summed E-state index contributed by atoms with van der Waals surface area (Å²) in [6.07, 6.45) is 0.763. The zero-order chi connectivity index (χ0) is 19.8. The zero-order valence-electron chi connectivity index (χ0n) is 15.7. The van der Waals surface area contributed by atoms with Crippen LogP contribution >= 0.6 is 22.9 Å². The molecule has 0 spiro atoms. The minimum Gasteiger partial charge on any atom is -0.322 e. The van der Waals surface area contributed by atoms with Crippen LogP contribution in [0.4, 0.5) is 5.69 Å². The van der Waals surface area contributed by atoms with E-state index in [2.05, 4.69) is 20.6 Å². The number of aromatic nitrogens is 4. The Morgan fingerprint density at radius 3 is 2.68 bits per heavy atom. The number of nitrogens with one attached hydrogen (secondary N) is 1. The van der Waals surface area contributed by atoms with Gasteiger partial charge in [-0.25, -0.2) is 0 Å². The van der Waals surface area contributed by atoms with Gasteiger partial charge in [-0.15, -0.1) is 10.2 Å². The van der Waals surface area contributed by atoms with Crippen molar-refractivity contribution in [3.8, 4) is 10.6 Å². The summed E-state index contributed by atoms with van der Waals surface area (Å²) in [4.78, 5) is 13.4. The van der Waals surface area contributed by atoms with Gasteiger partial charge in [-0.1, -0.05) is 48.1 Å². The minimum atomic E-state index is -0.200. The normalized spacial score (nSPS) is 11.1. The summed E-state index contributed by atoms with van der Waals surface area (Å²) in [5, 5.41) is 17.3. The highest BCUT2D eigenvalue weighted by atomic mass is 35.5. The van der Waals surface area contributed by atoms with Crippen molar-refractivity contribution in [2.75, 3.05) is 5.32 Å². The van der Waals surface area contributed by atoms with E-state index < -0.39 is 0 Å². The van der Waals surface area contributed by atoms with Crippen LogP contribution in [-0.4, -0.2) is 25.7 Å². The topological polar surface area (TPSA) is 72.2 Å². The average Bonchev–Trinajstić information content (AvgIpc) is 3.26. The average molecular weight is 412 g/mol. The number of nitrogens with zero attached hydrogens (tertiary/aromatic N) is 4. The first-order chi connectivity index (χ1) is 13.5. The van der Waals surface area contributed by atoms with Crippen LogP contribution in [0.2, 0.25) is 5.02 Å². The van der Waals surface area contributed by atoms with Gasteiger partial charge in [0.2, 0.25) is 4.96 Å². The second-order valence-corrected chi connectivity index (χ2v) is 7.88. The lowest BCUT2D eigenvalue weighted by molar-refractivity contribution is 0.102. The molecule has 4 aromatic rings. The monoisotopic (exact) mass is 411 g/mol. The van der Waals surface area contributed by atoms with Crippen LogP contribution in [0.3, 0.4) is 0 Å². The minimum absolute atomic E-state index is 0.200. The van der Waals surface area contributed by atoms with Crippen molar-refractivity contribution in [2.45, 2.75) is 27.2 Å². The first kappa shape index (κ1) is 18.6. The van der Waals surface area contributed by atoms with Gasteiger partial charge < -0.3 is 5.32 Å². The third-order valence-corrected chi connectivity index (χ3v) is 5.89. The summed E-state index contributed by atoms with van der Waals surface area (Å²) < 4.78 is 1.77. The van der Waals surface area contributed by atoms with Crippen molar-refractivity contribution in [1.29, 1.82) is 0 Å². The Bertz CT molecular complexity index is 1200. The van der Waals surface area contributed by atoms with E-state index in [4.69, 9.17) is 11.6 Å². The molecular weight excluding hydrogens is 394 g/mol. The van der Waals surface area contributed by atoms with Gasteiger partial charge >= 0.3 is 0 Å². The smallest absolute Gasteiger partial charge is 0.255 e. The summed E-state index contributed by atoms with van der Waals surface area (Å²) in [6.45, 7) is 5.88. The Morgan fingerprint density at radius 1 is 1.14 bits per heavy atom. The van der Waals surface area contributed by atoms with Gasteiger partial charge in [-0.05, 0) is 43.2 Å². The van der Waals surface area contributed by atoms with Gasteiger partial charge in [0.05, 0.1) is 0 Å². The van der Waals surface area contributed by atoms with Crippen molar-refractivity contribution >= 4 is 39.5 Å². The molecule has 1 N–H and O–H groups in total. The standard InChI is InChI=1S/C20H18ClN5OS/c1-4-17-23-24-20-26(17)25-19(28-20)14-8-6-12(3)16(10-14)22-18(27)13-7-5-11(2)15(21)9-13/h5-10H,4H2,1-3H3,(H,22,27).